The lowest BCUT2D eigenvalue weighted by Crippen LogP contribution is -2.55. The van der Waals surface area contributed by atoms with Crippen molar-refractivity contribution < 1.29 is 18.3 Å². The lowest BCUT2D eigenvalue weighted by molar-refractivity contribution is -0.146. The Balaban J connectivity index is 1.98. The predicted octanol–water partition coefficient (Wildman–Crippen LogP) is 4.05. The highest BCUT2D eigenvalue weighted by Gasteiger charge is 2.47. The Morgan fingerprint density at radius 3 is 2.64 bits per heavy atom. The molecule has 138 valence electrons. The molecule has 2 aliphatic heterocycles. The van der Waals surface area contributed by atoms with E-state index in [1.807, 2.05) is 4.90 Å². The van der Waals surface area contributed by atoms with Gasteiger partial charge < -0.3 is 9.64 Å². The van der Waals surface area contributed by atoms with E-state index in [0.717, 1.165) is 31.9 Å². The van der Waals surface area contributed by atoms with Crippen LogP contribution in [0.15, 0.2) is 18.2 Å². The smallest absolute Gasteiger partial charge is 0.233 e. The zero-order valence-electron chi connectivity index (χ0n) is 15.1. The Kier molecular flexibility index (Phi) is 5.42. The van der Waals surface area contributed by atoms with Crippen LogP contribution in [0.2, 0.25) is 0 Å². The molecule has 2 aliphatic rings. The summed E-state index contributed by atoms with van der Waals surface area (Å²) in [6.07, 6.45) is 4.02. The summed E-state index contributed by atoms with van der Waals surface area (Å²) < 4.78 is 33.4. The second-order valence-corrected chi connectivity index (χ2v) is 7.48. The number of likely N-dealkylation sites (tertiary alicyclic amines) is 1. The summed E-state index contributed by atoms with van der Waals surface area (Å²) in [6.45, 7) is 5.77. The molecule has 2 heterocycles. The molecule has 0 N–H and O–H groups in total. The molecule has 1 amide bonds. The van der Waals surface area contributed by atoms with Gasteiger partial charge in [0.25, 0.3) is 0 Å². The van der Waals surface area contributed by atoms with E-state index >= 15 is 0 Å². The van der Waals surface area contributed by atoms with Gasteiger partial charge >= 0.3 is 0 Å². The highest BCUT2D eigenvalue weighted by Crippen LogP contribution is 2.40. The van der Waals surface area contributed by atoms with Crippen LogP contribution in [-0.4, -0.2) is 36.6 Å². The van der Waals surface area contributed by atoms with Crippen LogP contribution in [0.4, 0.5) is 8.78 Å². The number of benzene rings is 1. The predicted molar refractivity (Wildman–Crippen MR) is 92.3 cm³/mol. The van der Waals surface area contributed by atoms with E-state index < -0.39 is 17.0 Å². The normalized spacial score (nSPS) is 26.5. The lowest BCUT2D eigenvalue weighted by atomic mass is 9.72. The molecule has 3 nitrogen and oxygen atoms in total. The molecule has 2 atom stereocenters. The quantitative estimate of drug-likeness (QED) is 0.822. The van der Waals surface area contributed by atoms with E-state index in [0.29, 0.717) is 37.5 Å². The molecule has 0 unspecified atom stereocenters. The monoisotopic (exact) mass is 351 g/mol. The topological polar surface area (TPSA) is 29.5 Å². The summed E-state index contributed by atoms with van der Waals surface area (Å²) in [5.41, 5.74) is -0.632. The Hall–Kier alpha value is -1.49. The van der Waals surface area contributed by atoms with Crippen LogP contribution in [-0.2, 0) is 14.9 Å². The number of rotatable bonds is 3. The second-order valence-electron chi connectivity index (χ2n) is 7.48. The summed E-state index contributed by atoms with van der Waals surface area (Å²) in [7, 11) is 0. The van der Waals surface area contributed by atoms with Crippen molar-refractivity contribution in [3.8, 4) is 0 Å². The number of carbonyl (C=O) groups is 1. The molecule has 0 aromatic heterocycles. The Morgan fingerprint density at radius 2 is 2.00 bits per heavy atom. The summed E-state index contributed by atoms with van der Waals surface area (Å²) in [5.74, 6) is -0.776. The number of piperidine rings is 1. The van der Waals surface area contributed by atoms with Gasteiger partial charge in [-0.05, 0) is 44.6 Å². The third kappa shape index (κ3) is 3.43. The van der Waals surface area contributed by atoms with E-state index in [1.165, 1.54) is 12.1 Å². The number of halogens is 2. The first-order valence-corrected chi connectivity index (χ1v) is 9.32. The summed E-state index contributed by atoms with van der Waals surface area (Å²) in [6, 6.07) is 3.73. The minimum Gasteiger partial charge on any atom is -0.381 e. The minimum atomic E-state index is -0.945. The molecule has 0 saturated carbocycles. The Labute approximate surface area is 148 Å². The van der Waals surface area contributed by atoms with Crippen molar-refractivity contribution in [3.05, 3.63) is 35.4 Å². The van der Waals surface area contributed by atoms with Gasteiger partial charge in [0, 0.05) is 37.4 Å². The van der Waals surface area contributed by atoms with E-state index in [9.17, 15) is 13.6 Å². The van der Waals surface area contributed by atoms with Crippen molar-refractivity contribution in [3.63, 3.8) is 0 Å². The zero-order valence-corrected chi connectivity index (χ0v) is 15.1. The fourth-order valence-corrected chi connectivity index (χ4v) is 4.27. The molecule has 5 heteroatoms. The van der Waals surface area contributed by atoms with E-state index in [4.69, 9.17) is 4.74 Å². The number of ether oxygens (including phenoxy) is 1. The fourth-order valence-electron chi connectivity index (χ4n) is 4.27. The molecular formula is C20H27F2NO2. The second kappa shape index (κ2) is 7.40. The third-order valence-corrected chi connectivity index (χ3v) is 6.02. The average molecular weight is 351 g/mol. The number of hydrogen-bond donors (Lipinski definition) is 0. The van der Waals surface area contributed by atoms with Crippen LogP contribution in [0.1, 0.15) is 51.5 Å². The zero-order chi connectivity index (χ0) is 18.0. The highest BCUT2D eigenvalue weighted by atomic mass is 19.1. The number of carbonyl (C=O) groups excluding carboxylic acids is 1. The van der Waals surface area contributed by atoms with Crippen molar-refractivity contribution >= 4 is 5.91 Å². The summed E-state index contributed by atoms with van der Waals surface area (Å²) in [5, 5.41) is 0. The molecule has 3 rings (SSSR count). The van der Waals surface area contributed by atoms with Crippen molar-refractivity contribution in [2.75, 3.05) is 19.8 Å². The first kappa shape index (κ1) is 18.3. The SMILES string of the molecule is CC[C@H]1CC[C@@H](C)N(C(=O)C2(c3ccc(F)cc3F)CCOCC2)C1. The van der Waals surface area contributed by atoms with Gasteiger partial charge in [0.15, 0.2) is 0 Å². The van der Waals surface area contributed by atoms with Gasteiger partial charge in [0.05, 0.1) is 5.41 Å². The number of hydrogen-bond acceptors (Lipinski definition) is 2. The standard InChI is InChI=1S/C20H27F2NO2/c1-3-15-5-4-14(2)23(13-15)19(24)20(8-10-25-11-9-20)17-7-6-16(21)12-18(17)22/h6-7,12,14-15H,3-5,8-11,13H2,1-2H3/t14-,15+/m1/s1. The van der Waals surface area contributed by atoms with Gasteiger partial charge in [0.1, 0.15) is 11.6 Å². The minimum absolute atomic E-state index is 0.0213. The first-order chi connectivity index (χ1) is 12.0. The molecular weight excluding hydrogens is 324 g/mol. The van der Waals surface area contributed by atoms with Crippen molar-refractivity contribution in [1.29, 1.82) is 0 Å². The van der Waals surface area contributed by atoms with Crippen LogP contribution in [0.25, 0.3) is 0 Å². The van der Waals surface area contributed by atoms with Crippen LogP contribution in [0.3, 0.4) is 0 Å². The largest absolute Gasteiger partial charge is 0.381 e. The first-order valence-electron chi connectivity index (χ1n) is 9.32. The van der Waals surface area contributed by atoms with Crippen LogP contribution >= 0.6 is 0 Å². The molecule has 1 aromatic carbocycles. The van der Waals surface area contributed by atoms with Crippen molar-refractivity contribution in [1.82, 2.24) is 4.90 Å². The Bertz CT molecular complexity index is 628. The van der Waals surface area contributed by atoms with Crippen molar-refractivity contribution in [2.45, 2.75) is 57.4 Å². The molecule has 0 radical (unpaired) electrons. The van der Waals surface area contributed by atoms with Gasteiger partial charge in [0.2, 0.25) is 5.91 Å². The maximum Gasteiger partial charge on any atom is 0.233 e. The van der Waals surface area contributed by atoms with E-state index in [1.54, 1.807) is 0 Å². The lowest BCUT2D eigenvalue weighted by Gasteiger charge is -2.45. The van der Waals surface area contributed by atoms with Crippen molar-refractivity contribution in [2.24, 2.45) is 5.92 Å². The number of amides is 1. The molecule has 0 bridgehead atoms. The average Bonchev–Trinajstić information content (AvgIpc) is 2.62. The van der Waals surface area contributed by atoms with Crippen LogP contribution < -0.4 is 0 Å². The van der Waals surface area contributed by atoms with Gasteiger partial charge in [-0.3, -0.25) is 4.79 Å². The maximum atomic E-state index is 14.6. The van der Waals surface area contributed by atoms with E-state index in [2.05, 4.69) is 13.8 Å². The molecule has 1 aromatic rings. The van der Waals surface area contributed by atoms with Gasteiger partial charge in [-0.1, -0.05) is 19.4 Å². The fraction of sp³-hybridized carbons (Fsp3) is 0.650. The molecule has 25 heavy (non-hydrogen) atoms. The molecule has 2 saturated heterocycles. The molecule has 0 spiro atoms. The highest BCUT2D eigenvalue weighted by molar-refractivity contribution is 5.89. The molecule has 0 aliphatic carbocycles. The van der Waals surface area contributed by atoms with Crippen LogP contribution in [0.5, 0.6) is 0 Å². The van der Waals surface area contributed by atoms with E-state index in [-0.39, 0.29) is 11.9 Å². The summed E-state index contributed by atoms with van der Waals surface area (Å²) >= 11 is 0. The van der Waals surface area contributed by atoms with Gasteiger partial charge in [-0.2, -0.15) is 0 Å². The van der Waals surface area contributed by atoms with Crippen LogP contribution in [0, 0.1) is 17.6 Å². The number of nitrogens with zero attached hydrogens (tertiary/aromatic N) is 1. The summed E-state index contributed by atoms with van der Waals surface area (Å²) in [4.78, 5) is 15.5. The van der Waals surface area contributed by atoms with Gasteiger partial charge in [-0.25, -0.2) is 8.78 Å². The Morgan fingerprint density at radius 1 is 1.28 bits per heavy atom. The van der Waals surface area contributed by atoms with Gasteiger partial charge in [-0.15, -0.1) is 0 Å². The molecule has 2 fully saturated rings. The third-order valence-electron chi connectivity index (χ3n) is 6.02. The maximum absolute atomic E-state index is 14.6.